The third-order valence-corrected chi connectivity index (χ3v) is 5.86. The molecule has 1 amide bonds. The van der Waals surface area contributed by atoms with Gasteiger partial charge in [-0.1, -0.05) is 11.6 Å². The van der Waals surface area contributed by atoms with Crippen LogP contribution in [-0.2, 0) is 14.6 Å². The minimum Gasteiger partial charge on any atom is -0.352 e. The number of piperazine rings is 1. The molecule has 2 heterocycles. The van der Waals surface area contributed by atoms with Crippen LogP contribution in [-0.4, -0.2) is 61.1 Å². The van der Waals surface area contributed by atoms with Gasteiger partial charge in [0.15, 0.2) is 9.84 Å². The number of anilines is 1. The summed E-state index contributed by atoms with van der Waals surface area (Å²) in [5.74, 6) is -0.183. The lowest BCUT2D eigenvalue weighted by molar-refractivity contribution is -0.128. The maximum atomic E-state index is 12.4. The molecule has 1 aliphatic heterocycles. The Bertz CT molecular complexity index is 835. The van der Waals surface area contributed by atoms with Gasteiger partial charge in [0.1, 0.15) is 11.6 Å². The number of rotatable bonds is 4. The molecule has 1 aromatic heterocycles. The van der Waals surface area contributed by atoms with Crippen LogP contribution in [0, 0.1) is 0 Å². The molecule has 0 saturated carbocycles. The summed E-state index contributed by atoms with van der Waals surface area (Å²) in [7, 11) is -3.68. The molecular formula is C16H17ClN4O3S. The van der Waals surface area contributed by atoms with Crippen molar-refractivity contribution in [2.24, 2.45) is 0 Å². The molecule has 25 heavy (non-hydrogen) atoms. The molecule has 0 bridgehead atoms. The topological polar surface area (TPSA) is 83.5 Å². The zero-order chi connectivity index (χ0) is 17.9. The van der Waals surface area contributed by atoms with Crippen LogP contribution in [0.15, 0.2) is 47.8 Å². The van der Waals surface area contributed by atoms with Crippen molar-refractivity contribution in [3.05, 3.63) is 47.9 Å². The number of hydrogen-bond acceptors (Lipinski definition) is 6. The van der Waals surface area contributed by atoms with Gasteiger partial charge in [0.25, 0.3) is 0 Å². The standard InChI is InChI=1S/C16H17ClN4O3S/c17-13-1-3-14(4-2-13)25(23,24)12-16(22)21-9-7-20(8-10-21)15-11-18-5-6-19-15/h1-6,11H,7-10,12H2. The Morgan fingerprint density at radius 1 is 1.08 bits per heavy atom. The number of carbonyl (C=O) groups is 1. The van der Waals surface area contributed by atoms with Gasteiger partial charge in [-0.15, -0.1) is 0 Å². The van der Waals surface area contributed by atoms with Gasteiger partial charge in [0, 0.05) is 43.6 Å². The first-order chi connectivity index (χ1) is 12.0. The van der Waals surface area contributed by atoms with E-state index in [0.29, 0.717) is 31.2 Å². The van der Waals surface area contributed by atoms with Crippen molar-refractivity contribution in [1.29, 1.82) is 0 Å². The van der Waals surface area contributed by atoms with E-state index < -0.39 is 21.5 Å². The molecule has 1 aromatic carbocycles. The molecular weight excluding hydrogens is 364 g/mol. The number of halogens is 1. The van der Waals surface area contributed by atoms with Crippen LogP contribution in [0.4, 0.5) is 5.82 Å². The van der Waals surface area contributed by atoms with E-state index in [4.69, 9.17) is 11.6 Å². The number of carbonyl (C=O) groups excluding carboxylic acids is 1. The molecule has 0 radical (unpaired) electrons. The molecule has 0 N–H and O–H groups in total. The second-order valence-electron chi connectivity index (χ2n) is 5.64. The molecule has 7 nitrogen and oxygen atoms in total. The summed E-state index contributed by atoms with van der Waals surface area (Å²) in [5, 5.41) is 0.449. The fraction of sp³-hybridized carbons (Fsp3) is 0.312. The zero-order valence-electron chi connectivity index (χ0n) is 13.4. The lowest BCUT2D eigenvalue weighted by Gasteiger charge is -2.35. The summed E-state index contributed by atoms with van der Waals surface area (Å²) in [5.41, 5.74) is 0. The van der Waals surface area contributed by atoms with E-state index in [1.54, 1.807) is 23.5 Å². The smallest absolute Gasteiger partial charge is 0.238 e. The van der Waals surface area contributed by atoms with Crippen LogP contribution in [0.25, 0.3) is 0 Å². The Morgan fingerprint density at radius 2 is 1.76 bits per heavy atom. The van der Waals surface area contributed by atoms with E-state index in [0.717, 1.165) is 5.82 Å². The third kappa shape index (κ3) is 4.26. The predicted molar refractivity (Wildman–Crippen MR) is 94.3 cm³/mol. The van der Waals surface area contributed by atoms with Crippen LogP contribution in [0.2, 0.25) is 5.02 Å². The monoisotopic (exact) mass is 380 g/mol. The van der Waals surface area contributed by atoms with Crippen molar-refractivity contribution < 1.29 is 13.2 Å². The normalized spacial score (nSPS) is 15.2. The molecule has 0 aliphatic carbocycles. The van der Waals surface area contributed by atoms with Crippen LogP contribution in [0.5, 0.6) is 0 Å². The van der Waals surface area contributed by atoms with E-state index in [9.17, 15) is 13.2 Å². The number of aromatic nitrogens is 2. The SMILES string of the molecule is O=C(CS(=O)(=O)c1ccc(Cl)cc1)N1CCN(c2cnccn2)CC1. The molecule has 9 heteroatoms. The fourth-order valence-electron chi connectivity index (χ4n) is 2.62. The number of nitrogens with zero attached hydrogens (tertiary/aromatic N) is 4. The van der Waals surface area contributed by atoms with Crippen molar-refractivity contribution >= 4 is 33.2 Å². The van der Waals surface area contributed by atoms with Crippen LogP contribution in [0.3, 0.4) is 0 Å². The average molecular weight is 381 g/mol. The van der Waals surface area contributed by atoms with E-state index in [1.807, 2.05) is 4.90 Å². The molecule has 1 saturated heterocycles. The summed E-state index contributed by atoms with van der Waals surface area (Å²) in [6.07, 6.45) is 4.89. The minimum atomic E-state index is -3.68. The highest BCUT2D eigenvalue weighted by atomic mass is 35.5. The van der Waals surface area contributed by atoms with Gasteiger partial charge < -0.3 is 9.80 Å². The van der Waals surface area contributed by atoms with Gasteiger partial charge in [0.05, 0.1) is 11.1 Å². The number of sulfone groups is 1. The first-order valence-electron chi connectivity index (χ1n) is 7.73. The lowest BCUT2D eigenvalue weighted by atomic mass is 10.3. The van der Waals surface area contributed by atoms with Gasteiger partial charge in [-0.3, -0.25) is 9.78 Å². The highest BCUT2D eigenvalue weighted by molar-refractivity contribution is 7.92. The van der Waals surface area contributed by atoms with Crippen molar-refractivity contribution in [2.75, 3.05) is 36.8 Å². The second-order valence-corrected chi connectivity index (χ2v) is 8.07. The summed E-state index contributed by atoms with van der Waals surface area (Å²) in [4.78, 5) is 24.3. The van der Waals surface area contributed by atoms with Crippen LogP contribution < -0.4 is 4.90 Å². The van der Waals surface area contributed by atoms with Gasteiger partial charge in [-0.25, -0.2) is 13.4 Å². The fourth-order valence-corrected chi connectivity index (χ4v) is 3.97. The largest absolute Gasteiger partial charge is 0.352 e. The Labute approximate surface area is 151 Å². The first-order valence-corrected chi connectivity index (χ1v) is 9.76. The van der Waals surface area contributed by atoms with E-state index in [1.165, 1.54) is 24.3 Å². The predicted octanol–water partition coefficient (Wildman–Crippen LogP) is 1.25. The van der Waals surface area contributed by atoms with Gasteiger partial charge in [-0.2, -0.15) is 0 Å². The molecule has 1 fully saturated rings. The highest BCUT2D eigenvalue weighted by Gasteiger charge is 2.26. The lowest BCUT2D eigenvalue weighted by Crippen LogP contribution is -2.50. The zero-order valence-corrected chi connectivity index (χ0v) is 14.9. The highest BCUT2D eigenvalue weighted by Crippen LogP contribution is 2.17. The summed E-state index contributed by atoms with van der Waals surface area (Å²) in [6, 6.07) is 5.82. The Morgan fingerprint density at radius 3 is 2.36 bits per heavy atom. The number of hydrogen-bond donors (Lipinski definition) is 0. The van der Waals surface area contributed by atoms with Crippen molar-refractivity contribution in [3.63, 3.8) is 0 Å². The van der Waals surface area contributed by atoms with Crippen LogP contribution in [0.1, 0.15) is 0 Å². The van der Waals surface area contributed by atoms with Gasteiger partial charge >= 0.3 is 0 Å². The molecule has 0 unspecified atom stereocenters. The van der Waals surface area contributed by atoms with E-state index in [-0.39, 0.29) is 4.90 Å². The average Bonchev–Trinajstić information content (AvgIpc) is 2.62. The maximum absolute atomic E-state index is 12.4. The quantitative estimate of drug-likeness (QED) is 0.793. The Balaban J connectivity index is 1.60. The molecule has 0 spiro atoms. The Kier molecular flexibility index (Phi) is 5.19. The summed E-state index contributed by atoms with van der Waals surface area (Å²) >= 11 is 5.77. The summed E-state index contributed by atoms with van der Waals surface area (Å²) < 4.78 is 24.7. The minimum absolute atomic E-state index is 0.100. The number of benzene rings is 1. The van der Waals surface area contributed by atoms with Gasteiger partial charge in [0.2, 0.25) is 5.91 Å². The molecule has 3 rings (SSSR count). The molecule has 0 atom stereocenters. The second kappa shape index (κ2) is 7.37. The van der Waals surface area contributed by atoms with E-state index >= 15 is 0 Å². The molecule has 1 aliphatic rings. The van der Waals surface area contributed by atoms with Crippen molar-refractivity contribution in [2.45, 2.75) is 4.90 Å². The third-order valence-electron chi connectivity index (χ3n) is 3.99. The van der Waals surface area contributed by atoms with Crippen LogP contribution >= 0.6 is 11.6 Å². The van der Waals surface area contributed by atoms with Crippen molar-refractivity contribution in [3.8, 4) is 0 Å². The first kappa shape index (κ1) is 17.6. The maximum Gasteiger partial charge on any atom is 0.238 e. The summed E-state index contributed by atoms with van der Waals surface area (Å²) in [6.45, 7) is 2.08. The van der Waals surface area contributed by atoms with Gasteiger partial charge in [-0.05, 0) is 24.3 Å². The van der Waals surface area contributed by atoms with E-state index in [2.05, 4.69) is 9.97 Å². The number of amides is 1. The molecule has 132 valence electrons. The molecule has 2 aromatic rings. The van der Waals surface area contributed by atoms with Crippen molar-refractivity contribution in [1.82, 2.24) is 14.9 Å². The Hall–Kier alpha value is -2.19.